The minimum absolute atomic E-state index is 0.0737. The monoisotopic (exact) mass is 256 g/mol. The summed E-state index contributed by atoms with van der Waals surface area (Å²) in [5.41, 5.74) is 2.61. The minimum Gasteiger partial charge on any atom is -0.335 e. The fourth-order valence-corrected chi connectivity index (χ4v) is 2.77. The first-order valence-corrected chi connectivity index (χ1v) is 7.01. The van der Waals surface area contributed by atoms with Crippen LogP contribution in [0.25, 0.3) is 0 Å². The van der Waals surface area contributed by atoms with Crippen LogP contribution in [0.15, 0.2) is 36.9 Å². The van der Waals surface area contributed by atoms with Crippen molar-refractivity contribution in [1.82, 2.24) is 10.2 Å². The molecule has 0 aromatic heterocycles. The summed E-state index contributed by atoms with van der Waals surface area (Å²) in [6.07, 6.45) is 4.91. The molecule has 1 aromatic rings. The highest BCUT2D eigenvalue weighted by molar-refractivity contribution is 5.83. The van der Waals surface area contributed by atoms with E-state index in [-0.39, 0.29) is 11.9 Å². The first-order valence-electron chi connectivity index (χ1n) is 7.01. The Morgan fingerprint density at radius 3 is 2.79 bits per heavy atom. The van der Waals surface area contributed by atoms with E-state index in [0.29, 0.717) is 12.6 Å². The molecule has 1 amide bonds. The van der Waals surface area contributed by atoms with E-state index in [1.165, 1.54) is 11.1 Å². The molecule has 0 unspecified atom stereocenters. The minimum atomic E-state index is -0.0737. The summed E-state index contributed by atoms with van der Waals surface area (Å²) in [7, 11) is 0. The summed E-state index contributed by atoms with van der Waals surface area (Å²) in [5, 5.41) is 3.37. The second-order valence-corrected chi connectivity index (χ2v) is 5.42. The van der Waals surface area contributed by atoms with Gasteiger partial charge in [-0.1, -0.05) is 30.3 Å². The van der Waals surface area contributed by atoms with Crippen LogP contribution < -0.4 is 5.32 Å². The highest BCUT2D eigenvalue weighted by atomic mass is 16.2. The molecule has 1 saturated carbocycles. The second kappa shape index (κ2) is 5.17. The van der Waals surface area contributed by atoms with Crippen LogP contribution in [0.1, 0.15) is 24.0 Å². The van der Waals surface area contributed by atoms with Crippen molar-refractivity contribution in [1.29, 1.82) is 0 Å². The van der Waals surface area contributed by atoms with E-state index < -0.39 is 0 Å². The van der Waals surface area contributed by atoms with Gasteiger partial charge in [-0.05, 0) is 30.4 Å². The summed E-state index contributed by atoms with van der Waals surface area (Å²) in [5.74, 6) is 0.233. The van der Waals surface area contributed by atoms with Crippen molar-refractivity contribution in [3.63, 3.8) is 0 Å². The van der Waals surface area contributed by atoms with Gasteiger partial charge in [-0.3, -0.25) is 4.79 Å². The number of carbonyl (C=O) groups is 1. The molecule has 1 aromatic carbocycles. The number of amides is 1. The van der Waals surface area contributed by atoms with E-state index in [9.17, 15) is 4.79 Å². The topological polar surface area (TPSA) is 32.3 Å². The first kappa shape index (κ1) is 12.4. The normalized spacial score (nSPS) is 21.6. The molecule has 1 N–H and O–H groups in total. The number of rotatable bonds is 4. The third kappa shape index (κ3) is 2.56. The molecule has 1 atom stereocenters. The molecule has 0 bridgehead atoms. The molecule has 3 nitrogen and oxygen atoms in total. The number of nitrogens with zero attached hydrogens (tertiary/aromatic N) is 1. The molecular formula is C16H20N2O. The molecule has 3 rings (SSSR count). The number of hydrogen-bond acceptors (Lipinski definition) is 2. The van der Waals surface area contributed by atoms with Crippen LogP contribution >= 0.6 is 0 Å². The van der Waals surface area contributed by atoms with Gasteiger partial charge in [-0.15, -0.1) is 6.58 Å². The zero-order valence-corrected chi connectivity index (χ0v) is 11.1. The lowest BCUT2D eigenvalue weighted by Gasteiger charge is -2.30. The van der Waals surface area contributed by atoms with Gasteiger partial charge in [0.2, 0.25) is 5.91 Å². The fourth-order valence-electron chi connectivity index (χ4n) is 2.77. The Balaban J connectivity index is 1.73. The van der Waals surface area contributed by atoms with Crippen LogP contribution in [-0.2, 0) is 17.8 Å². The molecule has 1 aliphatic carbocycles. The third-order valence-corrected chi connectivity index (χ3v) is 3.98. The maximum Gasteiger partial charge on any atom is 0.240 e. The zero-order valence-electron chi connectivity index (χ0n) is 11.1. The van der Waals surface area contributed by atoms with Gasteiger partial charge in [-0.2, -0.15) is 0 Å². The van der Waals surface area contributed by atoms with Crippen LogP contribution in [0.5, 0.6) is 0 Å². The molecule has 0 spiro atoms. The van der Waals surface area contributed by atoms with Gasteiger partial charge >= 0.3 is 0 Å². The van der Waals surface area contributed by atoms with E-state index in [1.54, 1.807) is 0 Å². The predicted octanol–water partition coefficient (Wildman–Crippen LogP) is 1.88. The number of carbonyl (C=O) groups excluding carboxylic acids is 1. The Labute approximate surface area is 114 Å². The maximum atomic E-state index is 12.6. The molecular weight excluding hydrogens is 236 g/mol. The van der Waals surface area contributed by atoms with Crippen LogP contribution in [0.2, 0.25) is 0 Å². The smallest absolute Gasteiger partial charge is 0.240 e. The molecule has 100 valence electrons. The predicted molar refractivity (Wildman–Crippen MR) is 75.7 cm³/mol. The Morgan fingerprint density at radius 2 is 2.11 bits per heavy atom. The summed E-state index contributed by atoms with van der Waals surface area (Å²) in [6.45, 7) is 5.22. The van der Waals surface area contributed by atoms with Crippen LogP contribution in [0, 0.1) is 0 Å². The average molecular weight is 256 g/mol. The molecule has 1 aliphatic heterocycles. The molecule has 2 aliphatic rings. The van der Waals surface area contributed by atoms with Gasteiger partial charge in [0.25, 0.3) is 0 Å². The van der Waals surface area contributed by atoms with Crippen molar-refractivity contribution in [2.24, 2.45) is 0 Å². The lowest BCUT2D eigenvalue weighted by Crippen LogP contribution is -2.50. The van der Waals surface area contributed by atoms with Gasteiger partial charge in [-0.25, -0.2) is 0 Å². The first-order chi connectivity index (χ1) is 9.29. The second-order valence-electron chi connectivity index (χ2n) is 5.42. The highest BCUT2D eigenvalue weighted by Gasteiger charge is 2.36. The molecule has 1 heterocycles. The largest absolute Gasteiger partial charge is 0.335 e. The number of hydrogen-bond donors (Lipinski definition) is 1. The zero-order chi connectivity index (χ0) is 13.2. The Kier molecular flexibility index (Phi) is 3.38. The van der Waals surface area contributed by atoms with E-state index >= 15 is 0 Å². The standard InChI is InChI=1S/C16H20N2O/c1-2-9-18(14-7-8-14)16(19)15-10-12-5-3-4-6-13(12)11-17-15/h2-6,14-15,17H,1,7-11H2/t15-/m1/s1. The van der Waals surface area contributed by atoms with Crippen LogP contribution in [0.3, 0.4) is 0 Å². The Hall–Kier alpha value is -1.61. The van der Waals surface area contributed by atoms with Gasteiger partial charge in [0.15, 0.2) is 0 Å². The summed E-state index contributed by atoms with van der Waals surface area (Å²) >= 11 is 0. The van der Waals surface area contributed by atoms with E-state index in [4.69, 9.17) is 0 Å². The number of fused-ring (bicyclic) bond motifs is 1. The Bertz CT molecular complexity index is 493. The molecule has 0 radical (unpaired) electrons. The summed E-state index contributed by atoms with van der Waals surface area (Å²) in [6, 6.07) is 8.74. The SMILES string of the molecule is C=CCN(C(=O)[C@H]1Cc2ccccc2CN1)C1CC1. The summed E-state index contributed by atoms with van der Waals surface area (Å²) in [4.78, 5) is 14.6. The van der Waals surface area contributed by atoms with Crippen molar-refractivity contribution in [3.05, 3.63) is 48.0 Å². The summed E-state index contributed by atoms with van der Waals surface area (Å²) < 4.78 is 0. The molecule has 3 heteroatoms. The highest BCUT2D eigenvalue weighted by Crippen LogP contribution is 2.28. The van der Waals surface area contributed by atoms with Crippen LogP contribution in [0.4, 0.5) is 0 Å². The lowest BCUT2D eigenvalue weighted by molar-refractivity contribution is -0.133. The van der Waals surface area contributed by atoms with E-state index in [1.807, 2.05) is 17.0 Å². The van der Waals surface area contributed by atoms with Crippen LogP contribution in [-0.4, -0.2) is 29.4 Å². The fraction of sp³-hybridized carbons (Fsp3) is 0.438. The van der Waals surface area contributed by atoms with Crippen molar-refractivity contribution < 1.29 is 4.79 Å². The quantitative estimate of drug-likeness (QED) is 0.834. The number of nitrogens with one attached hydrogen (secondary N) is 1. The van der Waals surface area contributed by atoms with E-state index in [0.717, 1.165) is 25.8 Å². The van der Waals surface area contributed by atoms with Gasteiger partial charge in [0.05, 0.1) is 6.04 Å². The Morgan fingerprint density at radius 1 is 1.37 bits per heavy atom. The van der Waals surface area contributed by atoms with Crippen molar-refractivity contribution in [2.45, 2.75) is 37.9 Å². The third-order valence-electron chi connectivity index (χ3n) is 3.98. The average Bonchev–Trinajstić information content (AvgIpc) is 3.28. The maximum absolute atomic E-state index is 12.6. The number of benzene rings is 1. The van der Waals surface area contributed by atoms with Gasteiger partial charge in [0, 0.05) is 19.1 Å². The molecule has 19 heavy (non-hydrogen) atoms. The molecule has 0 saturated heterocycles. The van der Waals surface area contributed by atoms with Gasteiger partial charge < -0.3 is 10.2 Å². The lowest BCUT2D eigenvalue weighted by atomic mass is 9.95. The van der Waals surface area contributed by atoms with E-state index in [2.05, 4.69) is 30.1 Å². The molecule has 1 fully saturated rings. The van der Waals surface area contributed by atoms with Gasteiger partial charge in [0.1, 0.15) is 0 Å². The van der Waals surface area contributed by atoms with Crippen molar-refractivity contribution >= 4 is 5.91 Å². The van der Waals surface area contributed by atoms with Crippen molar-refractivity contribution in [3.8, 4) is 0 Å². The van der Waals surface area contributed by atoms with Crippen molar-refractivity contribution in [2.75, 3.05) is 6.54 Å².